The Kier molecular flexibility index (Phi) is 23.1. The summed E-state index contributed by atoms with van der Waals surface area (Å²) in [4.78, 5) is 0. The lowest BCUT2D eigenvalue weighted by Crippen LogP contribution is -2.34. The average molecular weight is 400 g/mol. The lowest BCUT2D eigenvalue weighted by Gasteiger charge is -2.21. The maximum absolute atomic E-state index is 6.12. The minimum absolute atomic E-state index is 0.136. The van der Waals surface area contributed by atoms with Crippen molar-refractivity contribution < 1.29 is 9.47 Å². The Hall–Kier alpha value is -0.120. The maximum Gasteiger partial charge on any atom is 0.0531 e. The summed E-state index contributed by atoms with van der Waals surface area (Å²) < 4.78 is 11.8. The van der Waals surface area contributed by atoms with Gasteiger partial charge in [-0.2, -0.15) is 0 Å². The molecule has 0 saturated carbocycles. The Balaban J connectivity index is 3.44. The van der Waals surface area contributed by atoms with Crippen LogP contribution < -0.4 is 5.73 Å². The van der Waals surface area contributed by atoms with E-state index >= 15 is 0 Å². The predicted molar refractivity (Wildman–Crippen MR) is 124 cm³/mol. The highest BCUT2D eigenvalue weighted by molar-refractivity contribution is 4.67. The second-order valence-corrected chi connectivity index (χ2v) is 8.72. The Morgan fingerprint density at radius 3 is 1.18 bits per heavy atom. The second-order valence-electron chi connectivity index (χ2n) is 8.72. The van der Waals surface area contributed by atoms with Gasteiger partial charge in [-0.3, -0.25) is 0 Å². The van der Waals surface area contributed by atoms with E-state index in [0.717, 1.165) is 26.4 Å². The summed E-state index contributed by atoms with van der Waals surface area (Å²) >= 11 is 0. The molecule has 0 aliphatic carbocycles. The van der Waals surface area contributed by atoms with Crippen molar-refractivity contribution in [1.29, 1.82) is 0 Å². The first-order valence-electron chi connectivity index (χ1n) is 12.6. The van der Waals surface area contributed by atoms with Crippen LogP contribution in [-0.2, 0) is 9.47 Å². The summed E-state index contributed by atoms with van der Waals surface area (Å²) in [5, 5.41) is 0. The molecule has 0 fully saturated rings. The van der Waals surface area contributed by atoms with E-state index in [4.69, 9.17) is 15.2 Å². The minimum atomic E-state index is 0.136. The van der Waals surface area contributed by atoms with Gasteiger partial charge in [0.05, 0.1) is 13.2 Å². The van der Waals surface area contributed by atoms with Gasteiger partial charge in [0.15, 0.2) is 0 Å². The third-order valence-corrected chi connectivity index (χ3v) is 5.69. The molecule has 1 atom stereocenters. The van der Waals surface area contributed by atoms with Gasteiger partial charge in [0, 0.05) is 25.2 Å². The Bertz CT molecular complexity index is 260. The van der Waals surface area contributed by atoms with Crippen LogP contribution in [0.15, 0.2) is 0 Å². The van der Waals surface area contributed by atoms with Gasteiger partial charge in [-0.05, 0) is 19.8 Å². The first-order valence-corrected chi connectivity index (χ1v) is 12.6. The van der Waals surface area contributed by atoms with Crippen molar-refractivity contribution in [3.8, 4) is 0 Å². The van der Waals surface area contributed by atoms with Crippen molar-refractivity contribution in [2.75, 3.05) is 26.4 Å². The van der Waals surface area contributed by atoms with Crippen LogP contribution in [0, 0.1) is 5.92 Å². The highest BCUT2D eigenvalue weighted by Crippen LogP contribution is 2.11. The number of rotatable bonds is 23. The molecular weight excluding hydrogens is 346 g/mol. The fourth-order valence-electron chi connectivity index (χ4n) is 3.50. The van der Waals surface area contributed by atoms with E-state index in [1.54, 1.807) is 0 Å². The summed E-state index contributed by atoms with van der Waals surface area (Å²) in [6, 6.07) is 0.136. The van der Waals surface area contributed by atoms with E-state index in [0.29, 0.717) is 5.92 Å². The Morgan fingerprint density at radius 2 is 0.857 bits per heavy atom. The lowest BCUT2D eigenvalue weighted by atomic mass is 10.0. The number of hydrogen-bond donors (Lipinski definition) is 1. The molecule has 0 radical (unpaired) electrons. The normalized spacial score (nSPS) is 12.8. The molecule has 170 valence electrons. The monoisotopic (exact) mass is 399 g/mol. The molecule has 0 aliphatic heterocycles. The molecule has 3 nitrogen and oxygen atoms in total. The van der Waals surface area contributed by atoms with Gasteiger partial charge in [0.2, 0.25) is 0 Å². The van der Waals surface area contributed by atoms with Crippen LogP contribution in [-0.4, -0.2) is 32.5 Å². The van der Waals surface area contributed by atoms with Crippen LogP contribution in [0.2, 0.25) is 0 Å². The van der Waals surface area contributed by atoms with Gasteiger partial charge in [-0.25, -0.2) is 0 Å². The fourth-order valence-corrected chi connectivity index (χ4v) is 3.50. The number of hydrogen-bond acceptors (Lipinski definition) is 3. The topological polar surface area (TPSA) is 44.5 Å². The molecule has 0 aromatic heterocycles. The molecule has 0 amide bonds. The molecular formula is C25H53NO2. The molecule has 0 aliphatic rings. The van der Waals surface area contributed by atoms with E-state index in [-0.39, 0.29) is 6.04 Å². The fraction of sp³-hybridized carbons (Fsp3) is 1.00. The van der Waals surface area contributed by atoms with Crippen molar-refractivity contribution in [3.05, 3.63) is 0 Å². The van der Waals surface area contributed by atoms with Crippen molar-refractivity contribution in [3.63, 3.8) is 0 Å². The van der Waals surface area contributed by atoms with Gasteiger partial charge < -0.3 is 15.2 Å². The number of unbranched alkanes of at least 4 members (excludes halogenated alkanes) is 14. The molecule has 0 aromatic carbocycles. The maximum atomic E-state index is 6.12. The molecule has 28 heavy (non-hydrogen) atoms. The average Bonchev–Trinajstić information content (AvgIpc) is 2.68. The first-order chi connectivity index (χ1) is 13.7. The quantitative estimate of drug-likeness (QED) is 0.184. The van der Waals surface area contributed by atoms with Crippen LogP contribution in [0.5, 0.6) is 0 Å². The van der Waals surface area contributed by atoms with Gasteiger partial charge >= 0.3 is 0 Å². The largest absolute Gasteiger partial charge is 0.381 e. The first kappa shape index (κ1) is 27.9. The molecule has 2 N–H and O–H groups in total. The van der Waals surface area contributed by atoms with Crippen LogP contribution in [0.1, 0.15) is 124 Å². The van der Waals surface area contributed by atoms with Crippen molar-refractivity contribution in [2.24, 2.45) is 11.7 Å². The van der Waals surface area contributed by atoms with E-state index < -0.39 is 0 Å². The second kappa shape index (κ2) is 23.2. The molecule has 3 heteroatoms. The van der Waals surface area contributed by atoms with Gasteiger partial charge in [0.1, 0.15) is 0 Å². The number of ether oxygens (including phenoxy) is 2. The van der Waals surface area contributed by atoms with E-state index in [1.807, 2.05) is 0 Å². The summed E-state index contributed by atoms with van der Waals surface area (Å²) in [5.74, 6) is 0.322. The third-order valence-electron chi connectivity index (χ3n) is 5.69. The molecule has 1 unspecified atom stereocenters. The Labute approximate surface area is 177 Å². The Morgan fingerprint density at radius 1 is 0.536 bits per heavy atom. The number of nitrogens with two attached hydrogens (primary N) is 1. The molecule has 0 rings (SSSR count). The van der Waals surface area contributed by atoms with Crippen LogP contribution in [0.4, 0.5) is 0 Å². The van der Waals surface area contributed by atoms with Crippen LogP contribution in [0.3, 0.4) is 0 Å². The van der Waals surface area contributed by atoms with E-state index in [1.165, 1.54) is 103 Å². The van der Waals surface area contributed by atoms with Gasteiger partial charge in [0.25, 0.3) is 0 Å². The van der Waals surface area contributed by atoms with Crippen molar-refractivity contribution >= 4 is 0 Å². The van der Waals surface area contributed by atoms with E-state index in [2.05, 4.69) is 20.8 Å². The molecule has 0 bridgehead atoms. The van der Waals surface area contributed by atoms with Gasteiger partial charge in [-0.15, -0.1) is 0 Å². The van der Waals surface area contributed by atoms with Crippen molar-refractivity contribution in [1.82, 2.24) is 0 Å². The molecule has 0 saturated heterocycles. The van der Waals surface area contributed by atoms with Crippen LogP contribution >= 0.6 is 0 Å². The summed E-state index contributed by atoms with van der Waals surface area (Å²) in [5.41, 5.74) is 6.12. The van der Waals surface area contributed by atoms with Gasteiger partial charge in [-0.1, -0.05) is 104 Å². The zero-order valence-corrected chi connectivity index (χ0v) is 19.7. The standard InChI is InChI=1S/C25H53NO2/c1-4-6-8-10-12-14-16-18-20-27-22-25(24(3)26)23-28-21-19-17-15-13-11-9-7-5-2/h24-25H,4-23,26H2,1-3H3. The predicted octanol–water partition coefficient (Wildman–Crippen LogP) is 7.26. The lowest BCUT2D eigenvalue weighted by molar-refractivity contribution is 0.0293. The summed E-state index contributed by atoms with van der Waals surface area (Å²) in [6.07, 6.45) is 21.5. The third kappa shape index (κ3) is 20.6. The highest BCUT2D eigenvalue weighted by atomic mass is 16.5. The summed E-state index contributed by atoms with van der Waals surface area (Å²) in [7, 11) is 0. The van der Waals surface area contributed by atoms with Crippen molar-refractivity contribution in [2.45, 2.75) is 130 Å². The van der Waals surface area contributed by atoms with Crippen LogP contribution in [0.25, 0.3) is 0 Å². The zero-order chi connectivity index (χ0) is 20.7. The summed E-state index contributed by atoms with van der Waals surface area (Å²) in [6.45, 7) is 9.84. The van der Waals surface area contributed by atoms with E-state index in [9.17, 15) is 0 Å². The smallest absolute Gasteiger partial charge is 0.0531 e. The highest BCUT2D eigenvalue weighted by Gasteiger charge is 2.14. The SMILES string of the molecule is CCCCCCCCCCOCC(COCCCCCCCCCC)C(C)N. The molecule has 0 heterocycles. The minimum Gasteiger partial charge on any atom is -0.381 e. The zero-order valence-electron chi connectivity index (χ0n) is 19.7. The molecule has 0 spiro atoms. The molecule has 0 aromatic rings.